The van der Waals surface area contributed by atoms with E-state index in [1.807, 2.05) is 0 Å². The van der Waals surface area contributed by atoms with Gasteiger partial charge in [0.2, 0.25) is 5.88 Å². The molecule has 0 atom stereocenters. The fourth-order valence-electron chi connectivity index (χ4n) is 1.19. The number of rotatable bonds is 3. The topological polar surface area (TPSA) is 60.2 Å². The van der Waals surface area contributed by atoms with Crippen molar-refractivity contribution in [2.45, 2.75) is 0 Å². The minimum absolute atomic E-state index is 0.171. The number of anilines is 1. The summed E-state index contributed by atoms with van der Waals surface area (Å²) in [5, 5.41) is 0. The van der Waals surface area contributed by atoms with Crippen molar-refractivity contribution >= 4 is 5.69 Å². The van der Waals surface area contributed by atoms with Crippen LogP contribution in [-0.2, 0) is 0 Å². The molecule has 1 aromatic carbocycles. The van der Waals surface area contributed by atoms with E-state index in [0.29, 0.717) is 5.69 Å². The summed E-state index contributed by atoms with van der Waals surface area (Å²) in [6, 6.07) is 6.44. The van der Waals surface area contributed by atoms with Crippen LogP contribution in [0.25, 0.3) is 0 Å². The van der Waals surface area contributed by atoms with Gasteiger partial charge in [0.1, 0.15) is 5.75 Å². The fourth-order valence-corrected chi connectivity index (χ4v) is 1.19. The molecule has 4 nitrogen and oxygen atoms in total. The normalized spacial score (nSPS) is 10.1. The Hall–Kier alpha value is -2.21. The maximum absolute atomic E-state index is 12.9. The highest BCUT2D eigenvalue weighted by molar-refractivity contribution is 5.41. The van der Waals surface area contributed by atoms with Gasteiger partial charge in [-0.3, -0.25) is 5.84 Å². The molecule has 0 bridgehead atoms. The molecular formula is C11H9F2N3O. The van der Waals surface area contributed by atoms with E-state index in [4.69, 9.17) is 10.6 Å². The van der Waals surface area contributed by atoms with Crippen molar-refractivity contribution in [3.63, 3.8) is 0 Å². The number of nitrogens with zero attached hydrogens (tertiary/aromatic N) is 1. The molecule has 0 aliphatic rings. The zero-order chi connectivity index (χ0) is 12.3. The van der Waals surface area contributed by atoms with E-state index in [1.165, 1.54) is 12.3 Å². The first-order chi connectivity index (χ1) is 8.19. The standard InChI is InChI=1S/C11H9F2N3O/c12-9-3-2-8(5-10(9)13)17-11-4-1-7(16-14)6-15-11/h1-6,16H,14H2. The van der Waals surface area contributed by atoms with Gasteiger partial charge in [-0.2, -0.15) is 0 Å². The van der Waals surface area contributed by atoms with Crippen molar-refractivity contribution < 1.29 is 13.5 Å². The molecule has 0 amide bonds. The first-order valence-electron chi connectivity index (χ1n) is 4.74. The van der Waals surface area contributed by atoms with E-state index >= 15 is 0 Å². The van der Waals surface area contributed by atoms with Gasteiger partial charge in [-0.15, -0.1) is 0 Å². The summed E-state index contributed by atoms with van der Waals surface area (Å²) in [4.78, 5) is 3.92. The third-order valence-corrected chi connectivity index (χ3v) is 2.02. The molecule has 0 unspecified atom stereocenters. The van der Waals surface area contributed by atoms with Crippen molar-refractivity contribution in [1.82, 2.24) is 4.98 Å². The van der Waals surface area contributed by atoms with Gasteiger partial charge < -0.3 is 10.2 Å². The number of nitrogens with two attached hydrogens (primary N) is 1. The highest BCUT2D eigenvalue weighted by Gasteiger charge is 2.04. The summed E-state index contributed by atoms with van der Waals surface area (Å²) in [5.74, 6) is 3.70. The third-order valence-electron chi connectivity index (χ3n) is 2.02. The Bertz CT molecular complexity index is 517. The molecule has 88 valence electrons. The van der Waals surface area contributed by atoms with Gasteiger partial charge in [0.25, 0.3) is 0 Å². The van der Waals surface area contributed by atoms with Crippen LogP contribution in [0.15, 0.2) is 36.5 Å². The van der Waals surface area contributed by atoms with Gasteiger partial charge >= 0.3 is 0 Å². The van der Waals surface area contributed by atoms with Gasteiger partial charge in [-0.1, -0.05) is 0 Å². The van der Waals surface area contributed by atoms with Crippen LogP contribution >= 0.6 is 0 Å². The molecule has 17 heavy (non-hydrogen) atoms. The highest BCUT2D eigenvalue weighted by Crippen LogP contribution is 2.22. The highest BCUT2D eigenvalue weighted by atomic mass is 19.2. The lowest BCUT2D eigenvalue weighted by molar-refractivity contribution is 0.448. The first-order valence-corrected chi connectivity index (χ1v) is 4.74. The van der Waals surface area contributed by atoms with E-state index < -0.39 is 11.6 Å². The second kappa shape index (κ2) is 4.75. The molecule has 2 rings (SSSR count). The number of nitrogens with one attached hydrogen (secondary N) is 1. The molecule has 0 radical (unpaired) electrons. The number of pyridine rings is 1. The summed E-state index contributed by atoms with van der Waals surface area (Å²) >= 11 is 0. The predicted molar refractivity (Wildman–Crippen MR) is 58.5 cm³/mol. The van der Waals surface area contributed by atoms with Gasteiger partial charge in [0, 0.05) is 12.1 Å². The van der Waals surface area contributed by atoms with Gasteiger partial charge in [-0.05, 0) is 18.2 Å². The molecule has 6 heteroatoms. The van der Waals surface area contributed by atoms with E-state index in [2.05, 4.69) is 10.4 Å². The summed E-state index contributed by atoms with van der Waals surface area (Å²) in [6.07, 6.45) is 1.45. The summed E-state index contributed by atoms with van der Waals surface area (Å²) < 4.78 is 30.8. The lowest BCUT2D eigenvalue weighted by Crippen LogP contribution is -2.06. The number of hydrogen-bond donors (Lipinski definition) is 2. The smallest absolute Gasteiger partial charge is 0.219 e. The zero-order valence-corrected chi connectivity index (χ0v) is 8.65. The Morgan fingerprint density at radius 2 is 1.94 bits per heavy atom. The summed E-state index contributed by atoms with van der Waals surface area (Å²) in [5.41, 5.74) is 3.02. The molecule has 1 heterocycles. The van der Waals surface area contributed by atoms with E-state index in [0.717, 1.165) is 12.1 Å². The zero-order valence-electron chi connectivity index (χ0n) is 8.65. The average Bonchev–Trinajstić information content (AvgIpc) is 2.35. The van der Waals surface area contributed by atoms with Crippen molar-refractivity contribution in [3.8, 4) is 11.6 Å². The Morgan fingerprint density at radius 1 is 1.12 bits per heavy atom. The minimum Gasteiger partial charge on any atom is -0.439 e. The van der Waals surface area contributed by atoms with Gasteiger partial charge in [0.15, 0.2) is 11.6 Å². The molecular weight excluding hydrogens is 228 g/mol. The second-order valence-electron chi connectivity index (χ2n) is 3.21. The Balaban J connectivity index is 2.16. The van der Waals surface area contributed by atoms with E-state index in [9.17, 15) is 8.78 Å². The molecule has 0 aliphatic carbocycles. The third kappa shape index (κ3) is 2.67. The molecule has 3 N–H and O–H groups in total. The largest absolute Gasteiger partial charge is 0.439 e. The molecule has 0 spiro atoms. The number of halogens is 2. The second-order valence-corrected chi connectivity index (χ2v) is 3.21. The van der Waals surface area contributed by atoms with Crippen LogP contribution in [0.5, 0.6) is 11.6 Å². The summed E-state index contributed by atoms with van der Waals surface area (Å²) in [6.45, 7) is 0. The molecule has 0 saturated heterocycles. The lowest BCUT2D eigenvalue weighted by Gasteiger charge is -2.05. The van der Waals surface area contributed by atoms with Crippen LogP contribution in [0, 0.1) is 11.6 Å². The van der Waals surface area contributed by atoms with Crippen molar-refractivity contribution in [1.29, 1.82) is 0 Å². The first kappa shape index (κ1) is 11.3. The van der Waals surface area contributed by atoms with E-state index in [1.54, 1.807) is 12.1 Å². The van der Waals surface area contributed by atoms with Crippen LogP contribution in [-0.4, -0.2) is 4.98 Å². The molecule has 0 saturated carbocycles. The fraction of sp³-hybridized carbons (Fsp3) is 0. The monoisotopic (exact) mass is 237 g/mol. The predicted octanol–water partition coefficient (Wildman–Crippen LogP) is 2.44. The quantitative estimate of drug-likeness (QED) is 0.635. The molecule has 0 fully saturated rings. The summed E-state index contributed by atoms with van der Waals surface area (Å²) in [7, 11) is 0. The number of benzene rings is 1. The minimum atomic E-state index is -0.970. The molecule has 1 aromatic heterocycles. The van der Waals surface area contributed by atoms with Crippen molar-refractivity contribution in [2.75, 3.05) is 5.43 Å². The number of nitrogen functional groups attached to an aromatic ring is 1. The van der Waals surface area contributed by atoms with Crippen LogP contribution in [0.1, 0.15) is 0 Å². The van der Waals surface area contributed by atoms with Crippen LogP contribution in [0.3, 0.4) is 0 Å². The van der Waals surface area contributed by atoms with Crippen LogP contribution in [0.4, 0.5) is 14.5 Å². The number of hydrazine groups is 1. The molecule has 0 aliphatic heterocycles. The SMILES string of the molecule is NNc1ccc(Oc2ccc(F)c(F)c2)nc1. The number of aromatic nitrogens is 1. The number of hydrogen-bond acceptors (Lipinski definition) is 4. The number of ether oxygens (including phenoxy) is 1. The van der Waals surface area contributed by atoms with Gasteiger partial charge in [-0.25, -0.2) is 13.8 Å². The Kier molecular flexibility index (Phi) is 3.15. The lowest BCUT2D eigenvalue weighted by atomic mass is 10.3. The van der Waals surface area contributed by atoms with Crippen molar-refractivity contribution in [3.05, 3.63) is 48.2 Å². The Labute approximate surface area is 96.0 Å². The van der Waals surface area contributed by atoms with Crippen LogP contribution < -0.4 is 16.0 Å². The van der Waals surface area contributed by atoms with Gasteiger partial charge in [0.05, 0.1) is 11.9 Å². The van der Waals surface area contributed by atoms with Crippen LogP contribution in [0.2, 0.25) is 0 Å². The van der Waals surface area contributed by atoms with Crippen molar-refractivity contribution in [2.24, 2.45) is 5.84 Å². The molecule has 2 aromatic rings. The average molecular weight is 237 g/mol. The maximum atomic E-state index is 12.9. The Morgan fingerprint density at radius 3 is 2.53 bits per heavy atom. The van der Waals surface area contributed by atoms with E-state index in [-0.39, 0.29) is 11.6 Å². The maximum Gasteiger partial charge on any atom is 0.219 e.